The normalized spacial score (nSPS) is 17.9. The Hall–Kier alpha value is -2.28. The molecule has 0 radical (unpaired) electrons. The molecule has 6 heteroatoms. The number of hydrogen-bond acceptors (Lipinski definition) is 6. The average molecular weight is 421 g/mol. The van der Waals surface area contributed by atoms with Crippen molar-refractivity contribution in [1.82, 2.24) is 14.9 Å². The van der Waals surface area contributed by atoms with Gasteiger partial charge in [0.2, 0.25) is 0 Å². The van der Waals surface area contributed by atoms with Gasteiger partial charge in [-0.2, -0.15) is 0 Å². The molecule has 1 aromatic carbocycles. The summed E-state index contributed by atoms with van der Waals surface area (Å²) in [6, 6.07) is 11.7. The Morgan fingerprint density at radius 3 is 2.93 bits per heavy atom. The number of thiazole rings is 1. The van der Waals surface area contributed by atoms with Gasteiger partial charge < -0.3 is 5.32 Å². The van der Waals surface area contributed by atoms with Gasteiger partial charge in [-0.15, -0.1) is 22.7 Å². The Labute approximate surface area is 178 Å². The summed E-state index contributed by atoms with van der Waals surface area (Å²) in [5, 5.41) is 4.77. The number of aromatic nitrogens is 2. The minimum absolute atomic E-state index is 0.431. The molecule has 0 bridgehead atoms. The number of hydrogen-bond donors (Lipinski definition) is 1. The summed E-state index contributed by atoms with van der Waals surface area (Å²) in [4.78, 5) is 14.1. The third kappa shape index (κ3) is 3.45. The largest absolute Gasteiger partial charge is 0.355 e. The monoisotopic (exact) mass is 420 g/mol. The van der Waals surface area contributed by atoms with Crippen molar-refractivity contribution >= 4 is 60.1 Å². The summed E-state index contributed by atoms with van der Waals surface area (Å²) in [7, 11) is 0. The molecule has 0 saturated heterocycles. The van der Waals surface area contributed by atoms with Gasteiger partial charge in [0, 0.05) is 40.8 Å². The van der Waals surface area contributed by atoms with Crippen molar-refractivity contribution in [2.45, 2.75) is 39.3 Å². The number of pyridine rings is 1. The fourth-order valence-corrected chi connectivity index (χ4v) is 6.01. The SMILES string of the molecule is CC(C)N1CCC=C(c2cc3c(Nc4ccc5scnc5c4)ccnc3s2)[C@@H]1C. The first kappa shape index (κ1) is 18.7. The summed E-state index contributed by atoms with van der Waals surface area (Å²) in [6.45, 7) is 8.03. The van der Waals surface area contributed by atoms with E-state index in [0.717, 1.165) is 34.7 Å². The molecule has 0 amide bonds. The first-order chi connectivity index (χ1) is 14.1. The van der Waals surface area contributed by atoms with Crippen LogP contribution in [0.4, 0.5) is 11.4 Å². The third-order valence-corrected chi connectivity index (χ3v) is 7.59. The van der Waals surface area contributed by atoms with E-state index in [4.69, 9.17) is 0 Å². The standard InChI is InChI=1S/C23H24N4S2/c1-14(2)27-10-4-5-17(15(27)3)22-12-18-19(8-9-24-23(18)29-22)26-16-6-7-21-20(11-16)25-13-28-21/h5-9,11-15H,4,10H2,1-3H3,(H,24,26)/t15-/m0/s1. The second-order valence-electron chi connectivity index (χ2n) is 7.80. The first-order valence-electron chi connectivity index (χ1n) is 10.0. The highest BCUT2D eigenvalue weighted by atomic mass is 32.1. The van der Waals surface area contributed by atoms with Gasteiger partial charge in [-0.3, -0.25) is 4.90 Å². The molecule has 1 aliphatic rings. The van der Waals surface area contributed by atoms with Crippen molar-refractivity contribution < 1.29 is 0 Å². The number of anilines is 2. The highest BCUT2D eigenvalue weighted by Gasteiger charge is 2.25. The first-order valence-corrected chi connectivity index (χ1v) is 11.7. The van der Waals surface area contributed by atoms with E-state index in [9.17, 15) is 0 Å². The Balaban J connectivity index is 1.50. The molecule has 0 unspecified atom stereocenters. The van der Waals surface area contributed by atoms with E-state index in [1.165, 1.54) is 20.5 Å². The maximum Gasteiger partial charge on any atom is 0.125 e. The van der Waals surface area contributed by atoms with Gasteiger partial charge in [-0.25, -0.2) is 9.97 Å². The van der Waals surface area contributed by atoms with Crippen molar-refractivity contribution in [2.75, 3.05) is 11.9 Å². The lowest BCUT2D eigenvalue weighted by Crippen LogP contribution is -2.41. The van der Waals surface area contributed by atoms with Gasteiger partial charge in [0.1, 0.15) is 4.83 Å². The van der Waals surface area contributed by atoms with Crippen LogP contribution >= 0.6 is 22.7 Å². The van der Waals surface area contributed by atoms with Crippen molar-refractivity contribution in [2.24, 2.45) is 0 Å². The van der Waals surface area contributed by atoms with E-state index in [2.05, 4.69) is 77.4 Å². The number of rotatable bonds is 4. The molecule has 0 aliphatic carbocycles. The topological polar surface area (TPSA) is 41.0 Å². The van der Waals surface area contributed by atoms with E-state index < -0.39 is 0 Å². The maximum absolute atomic E-state index is 4.65. The summed E-state index contributed by atoms with van der Waals surface area (Å²) in [5.74, 6) is 0. The Morgan fingerprint density at radius 1 is 1.17 bits per heavy atom. The Morgan fingerprint density at radius 2 is 2.07 bits per heavy atom. The van der Waals surface area contributed by atoms with E-state index in [1.807, 2.05) is 11.7 Å². The van der Waals surface area contributed by atoms with Gasteiger partial charge in [0.25, 0.3) is 0 Å². The number of nitrogens with one attached hydrogen (secondary N) is 1. The average Bonchev–Trinajstić information content (AvgIpc) is 3.34. The summed E-state index contributed by atoms with van der Waals surface area (Å²) in [5.41, 5.74) is 6.51. The Bertz CT molecular complexity index is 1200. The molecule has 3 aromatic heterocycles. The zero-order chi connectivity index (χ0) is 20.0. The van der Waals surface area contributed by atoms with Crippen LogP contribution in [-0.4, -0.2) is 33.5 Å². The molecule has 1 aliphatic heterocycles. The fraction of sp³-hybridized carbons (Fsp3) is 0.304. The summed E-state index contributed by atoms with van der Waals surface area (Å²) in [6.07, 6.45) is 5.42. The van der Waals surface area contributed by atoms with Gasteiger partial charge in [-0.05, 0) is 63.1 Å². The molecule has 4 nitrogen and oxygen atoms in total. The predicted octanol–water partition coefficient (Wildman–Crippen LogP) is 6.54. The molecule has 4 heterocycles. The van der Waals surface area contributed by atoms with Crippen LogP contribution in [0.5, 0.6) is 0 Å². The number of fused-ring (bicyclic) bond motifs is 2. The van der Waals surface area contributed by atoms with E-state index >= 15 is 0 Å². The van der Waals surface area contributed by atoms with Crippen LogP contribution in [0.25, 0.3) is 26.0 Å². The van der Waals surface area contributed by atoms with Crippen molar-refractivity contribution in [3.63, 3.8) is 0 Å². The predicted molar refractivity (Wildman–Crippen MR) is 126 cm³/mol. The smallest absolute Gasteiger partial charge is 0.125 e. The summed E-state index contributed by atoms with van der Waals surface area (Å²) < 4.78 is 1.21. The molecule has 148 valence electrons. The molecular formula is C23H24N4S2. The molecule has 0 saturated carbocycles. The van der Waals surface area contributed by atoms with Crippen LogP contribution in [-0.2, 0) is 0 Å². The molecule has 5 rings (SSSR count). The van der Waals surface area contributed by atoms with Crippen molar-refractivity contribution in [3.8, 4) is 0 Å². The van der Waals surface area contributed by atoms with E-state index in [1.54, 1.807) is 22.7 Å². The van der Waals surface area contributed by atoms with Crippen LogP contribution in [0.3, 0.4) is 0 Å². The second-order valence-corrected chi connectivity index (χ2v) is 9.72. The highest BCUT2D eigenvalue weighted by Crippen LogP contribution is 2.38. The fourth-order valence-electron chi connectivity index (χ4n) is 4.21. The zero-order valence-electron chi connectivity index (χ0n) is 16.8. The van der Waals surface area contributed by atoms with Gasteiger partial charge in [-0.1, -0.05) is 6.08 Å². The van der Waals surface area contributed by atoms with E-state index in [0.29, 0.717) is 12.1 Å². The van der Waals surface area contributed by atoms with Crippen LogP contribution in [0, 0.1) is 0 Å². The zero-order valence-corrected chi connectivity index (χ0v) is 18.5. The van der Waals surface area contributed by atoms with Gasteiger partial charge in [0.15, 0.2) is 0 Å². The quantitative estimate of drug-likeness (QED) is 0.407. The number of nitrogens with zero attached hydrogens (tertiary/aromatic N) is 3. The van der Waals surface area contributed by atoms with Crippen LogP contribution in [0.1, 0.15) is 32.1 Å². The lowest BCUT2D eigenvalue weighted by atomic mass is 9.98. The van der Waals surface area contributed by atoms with Gasteiger partial charge >= 0.3 is 0 Å². The molecule has 4 aromatic rings. The molecular weight excluding hydrogens is 396 g/mol. The number of thiophene rings is 1. The number of benzene rings is 1. The summed E-state index contributed by atoms with van der Waals surface area (Å²) >= 11 is 3.46. The second kappa shape index (κ2) is 7.52. The van der Waals surface area contributed by atoms with Gasteiger partial charge in [0.05, 0.1) is 21.4 Å². The molecule has 1 atom stereocenters. The van der Waals surface area contributed by atoms with Crippen LogP contribution < -0.4 is 5.32 Å². The molecule has 0 spiro atoms. The lowest BCUT2D eigenvalue weighted by Gasteiger charge is -2.37. The minimum Gasteiger partial charge on any atom is -0.355 e. The lowest BCUT2D eigenvalue weighted by molar-refractivity contribution is 0.194. The highest BCUT2D eigenvalue weighted by molar-refractivity contribution is 7.19. The van der Waals surface area contributed by atoms with Crippen molar-refractivity contribution in [1.29, 1.82) is 0 Å². The third-order valence-electron chi connectivity index (χ3n) is 5.69. The van der Waals surface area contributed by atoms with E-state index in [-0.39, 0.29) is 0 Å². The molecule has 0 fully saturated rings. The molecule has 1 N–H and O–H groups in total. The molecule has 29 heavy (non-hydrogen) atoms. The van der Waals surface area contributed by atoms with Crippen molar-refractivity contribution in [3.05, 3.63) is 53.0 Å². The Kier molecular flexibility index (Phi) is 4.86. The minimum atomic E-state index is 0.431. The van der Waals surface area contributed by atoms with Crippen LogP contribution in [0.15, 0.2) is 48.1 Å². The maximum atomic E-state index is 4.65. The van der Waals surface area contributed by atoms with Crippen LogP contribution in [0.2, 0.25) is 0 Å².